The van der Waals surface area contributed by atoms with E-state index in [4.69, 9.17) is 24.9 Å². The number of nitrogens with zero attached hydrogens (tertiary/aromatic N) is 2. The fourth-order valence-corrected chi connectivity index (χ4v) is 7.43. The summed E-state index contributed by atoms with van der Waals surface area (Å²) in [5.41, 5.74) is 1.54. The average molecular weight is 511 g/mol. The van der Waals surface area contributed by atoms with Crippen LogP contribution in [0.3, 0.4) is 0 Å². The Morgan fingerprint density at radius 2 is 1.56 bits per heavy atom. The molecule has 7 heteroatoms. The minimum absolute atomic E-state index is 0.234. The largest absolute Gasteiger partial charge is 0.522 e. The quantitative estimate of drug-likeness (QED) is 0.171. The van der Waals surface area contributed by atoms with E-state index in [1.165, 1.54) is 0 Å². The first kappa shape index (κ1) is 23.7. The van der Waals surface area contributed by atoms with Crippen LogP contribution in [-0.4, -0.2) is 18.3 Å². The lowest BCUT2D eigenvalue weighted by Gasteiger charge is -2.27. The summed E-state index contributed by atoms with van der Waals surface area (Å²) in [6.07, 6.45) is 1.72. The fraction of sp³-hybridized carbons (Fsp3) is 0.0690. The van der Waals surface area contributed by atoms with Crippen LogP contribution in [0.15, 0.2) is 117 Å². The summed E-state index contributed by atoms with van der Waals surface area (Å²) < 4.78 is 12.1. The van der Waals surface area contributed by atoms with E-state index in [2.05, 4.69) is 4.98 Å². The molecule has 5 nitrogen and oxygen atoms in total. The van der Waals surface area contributed by atoms with E-state index in [1.807, 2.05) is 91.0 Å². The van der Waals surface area contributed by atoms with Crippen molar-refractivity contribution in [1.82, 2.24) is 4.98 Å². The van der Waals surface area contributed by atoms with Crippen molar-refractivity contribution in [2.75, 3.05) is 0 Å². The maximum absolute atomic E-state index is 13.1. The molecule has 178 valence electrons. The van der Waals surface area contributed by atoms with Gasteiger partial charge in [-0.05, 0) is 36.4 Å². The van der Waals surface area contributed by atoms with Crippen molar-refractivity contribution in [3.05, 3.63) is 125 Å². The van der Waals surface area contributed by atoms with E-state index in [9.17, 15) is 4.79 Å². The number of aryl methyl sites for hydroxylation is 1. The zero-order valence-electron chi connectivity index (χ0n) is 19.8. The van der Waals surface area contributed by atoms with E-state index in [1.54, 1.807) is 26.1 Å². The predicted octanol–water partition coefficient (Wildman–Crippen LogP) is 5.51. The number of rotatable bonds is 6. The van der Waals surface area contributed by atoms with E-state index in [0.29, 0.717) is 22.9 Å². The van der Waals surface area contributed by atoms with Gasteiger partial charge in [0.1, 0.15) is 17.1 Å². The number of pyridine rings is 1. The molecule has 0 aliphatic rings. The second-order valence-electron chi connectivity index (χ2n) is 8.36. The van der Waals surface area contributed by atoms with Crippen molar-refractivity contribution in [1.29, 1.82) is 0 Å². The van der Waals surface area contributed by atoms with Crippen LogP contribution in [-0.2, 0) is 0 Å². The molecule has 0 fully saturated rings. The number of para-hydroxylation sites is 1. The van der Waals surface area contributed by atoms with Gasteiger partial charge in [-0.15, -0.1) is 11.1 Å². The molecular weight excluding hydrogens is 488 g/mol. The van der Waals surface area contributed by atoms with Crippen molar-refractivity contribution < 1.29 is 8.84 Å². The first-order valence-electron chi connectivity index (χ1n) is 11.5. The molecule has 0 unspecified atom stereocenters. The van der Waals surface area contributed by atoms with Gasteiger partial charge in [0.2, 0.25) is 0 Å². The zero-order valence-corrected chi connectivity index (χ0v) is 21.6. The van der Waals surface area contributed by atoms with Crippen LogP contribution in [0.1, 0.15) is 18.2 Å². The Kier molecular flexibility index (Phi) is 6.54. The Morgan fingerprint density at radius 3 is 2.22 bits per heavy atom. The first-order chi connectivity index (χ1) is 17.5. The van der Waals surface area contributed by atoms with Gasteiger partial charge in [0.15, 0.2) is 0 Å². The second kappa shape index (κ2) is 9.93. The first-order valence-corrected chi connectivity index (χ1v) is 14.4. The Hall–Kier alpha value is -4.00. The predicted molar refractivity (Wildman–Crippen MR) is 148 cm³/mol. The van der Waals surface area contributed by atoms with Gasteiger partial charge in [0, 0.05) is 17.6 Å². The lowest BCUT2D eigenvalue weighted by Crippen LogP contribution is -2.59. The molecule has 0 aliphatic carbocycles. The molecule has 36 heavy (non-hydrogen) atoms. The SMILES string of the molecule is CC(=Nc1cccc2cccnc12)c1c(O[Si](Cl)(c2ccccc2)c2ccccc2)cc(C)oc1=O. The van der Waals surface area contributed by atoms with Crippen LogP contribution >= 0.6 is 11.1 Å². The molecule has 2 heterocycles. The Balaban J connectivity index is 1.67. The van der Waals surface area contributed by atoms with Gasteiger partial charge < -0.3 is 8.84 Å². The molecule has 5 rings (SSSR count). The molecule has 0 atom stereocenters. The molecular formula is C29H23ClN2O3Si. The van der Waals surface area contributed by atoms with Crippen molar-refractivity contribution in [3.8, 4) is 5.75 Å². The number of hydrogen-bond acceptors (Lipinski definition) is 5. The molecule has 0 saturated carbocycles. The molecule has 0 spiro atoms. The minimum Gasteiger partial charge on any atom is -0.522 e. The number of aromatic nitrogens is 1. The topological polar surface area (TPSA) is 64.7 Å². The normalized spacial score (nSPS) is 12.0. The fourth-order valence-electron chi connectivity index (χ4n) is 4.15. The van der Waals surface area contributed by atoms with Gasteiger partial charge in [0.05, 0.1) is 16.9 Å². The Bertz CT molecular complexity index is 1570. The third-order valence-corrected chi connectivity index (χ3v) is 10.0. The van der Waals surface area contributed by atoms with E-state index >= 15 is 0 Å². The summed E-state index contributed by atoms with van der Waals surface area (Å²) in [7, 11) is -3.28. The number of fused-ring (bicyclic) bond motifs is 1. The molecule has 2 aromatic heterocycles. The lowest BCUT2D eigenvalue weighted by molar-refractivity contribution is 0.463. The van der Waals surface area contributed by atoms with E-state index < -0.39 is 13.3 Å². The van der Waals surface area contributed by atoms with Crippen molar-refractivity contribution in [2.45, 2.75) is 13.8 Å². The number of hydrogen-bond donors (Lipinski definition) is 0. The smallest absolute Gasteiger partial charge is 0.414 e. The molecule has 3 aromatic carbocycles. The summed E-state index contributed by atoms with van der Waals surface area (Å²) in [5, 5.41) is 2.68. The van der Waals surface area contributed by atoms with Crippen LogP contribution in [0.2, 0.25) is 0 Å². The van der Waals surface area contributed by atoms with Crippen LogP contribution in [0.5, 0.6) is 5.75 Å². The highest BCUT2D eigenvalue weighted by Crippen LogP contribution is 2.28. The van der Waals surface area contributed by atoms with Gasteiger partial charge >= 0.3 is 13.3 Å². The highest BCUT2D eigenvalue weighted by Gasteiger charge is 2.41. The molecule has 0 saturated heterocycles. The average Bonchev–Trinajstić information content (AvgIpc) is 2.89. The maximum atomic E-state index is 13.1. The Morgan fingerprint density at radius 1 is 0.917 bits per heavy atom. The summed E-state index contributed by atoms with van der Waals surface area (Å²) >= 11 is 7.38. The third kappa shape index (κ3) is 4.61. The summed E-state index contributed by atoms with van der Waals surface area (Å²) in [5.74, 6) is 0.764. The van der Waals surface area contributed by atoms with Crippen molar-refractivity contribution in [2.24, 2.45) is 4.99 Å². The highest BCUT2D eigenvalue weighted by atomic mass is 35.6. The van der Waals surface area contributed by atoms with Gasteiger partial charge in [-0.1, -0.05) is 78.9 Å². The lowest BCUT2D eigenvalue weighted by atomic mass is 10.1. The number of aliphatic imine (C=N–C) groups is 1. The van der Waals surface area contributed by atoms with Gasteiger partial charge in [-0.2, -0.15) is 0 Å². The van der Waals surface area contributed by atoms with Crippen LogP contribution < -0.4 is 20.4 Å². The van der Waals surface area contributed by atoms with Gasteiger partial charge in [-0.3, -0.25) is 9.98 Å². The van der Waals surface area contributed by atoms with Gasteiger partial charge in [0.25, 0.3) is 0 Å². The van der Waals surface area contributed by atoms with E-state index in [-0.39, 0.29) is 5.56 Å². The van der Waals surface area contributed by atoms with Gasteiger partial charge in [-0.25, -0.2) is 4.79 Å². The standard InChI is InChI=1S/C29H23ClN2O3Si/c1-20-19-26(35-36(30,23-13-5-3-6-14-23)24-15-7-4-8-16-24)27(29(33)34-20)21(2)32-25-17-9-11-22-12-10-18-31-28(22)25/h3-19H,1-2H3. The summed E-state index contributed by atoms with van der Waals surface area (Å²) in [6, 6.07) is 30.7. The monoisotopic (exact) mass is 510 g/mol. The minimum atomic E-state index is -3.28. The molecule has 0 amide bonds. The zero-order chi connectivity index (χ0) is 25.1. The van der Waals surface area contributed by atoms with Crippen LogP contribution in [0.25, 0.3) is 10.9 Å². The number of benzene rings is 3. The molecule has 0 aliphatic heterocycles. The second-order valence-corrected chi connectivity index (χ2v) is 12.5. The highest BCUT2D eigenvalue weighted by molar-refractivity contribution is 7.31. The van der Waals surface area contributed by atoms with Crippen LogP contribution in [0, 0.1) is 6.92 Å². The summed E-state index contributed by atoms with van der Waals surface area (Å²) in [4.78, 5) is 22.4. The maximum Gasteiger partial charge on any atom is 0.414 e. The molecule has 5 aromatic rings. The van der Waals surface area contributed by atoms with Crippen molar-refractivity contribution in [3.63, 3.8) is 0 Å². The molecule has 0 radical (unpaired) electrons. The third-order valence-electron chi connectivity index (χ3n) is 5.84. The molecule has 0 bridgehead atoms. The molecule has 0 N–H and O–H groups in total. The van der Waals surface area contributed by atoms with Crippen LogP contribution in [0.4, 0.5) is 5.69 Å². The van der Waals surface area contributed by atoms with Crippen molar-refractivity contribution >= 4 is 51.4 Å². The van der Waals surface area contributed by atoms with E-state index in [0.717, 1.165) is 21.3 Å². The number of halogens is 1. The Labute approximate surface area is 214 Å². The summed E-state index contributed by atoms with van der Waals surface area (Å²) in [6.45, 7) is 3.47.